The average Bonchev–Trinajstić information content (AvgIpc) is 2.47. The maximum absolute atomic E-state index is 10.7. The molecule has 1 amide bonds. The van der Waals surface area contributed by atoms with Crippen LogP contribution in [0.2, 0.25) is 0 Å². The normalized spacial score (nSPS) is 26.2. The molecule has 0 aromatic rings. The molecule has 2 unspecified atom stereocenters. The van der Waals surface area contributed by atoms with E-state index in [0.29, 0.717) is 12.6 Å². The van der Waals surface area contributed by atoms with Gasteiger partial charge in [-0.15, -0.1) is 0 Å². The predicted molar refractivity (Wildman–Crippen MR) is 52.3 cm³/mol. The van der Waals surface area contributed by atoms with Gasteiger partial charge >= 0.3 is 0 Å². The van der Waals surface area contributed by atoms with Crippen molar-refractivity contribution >= 4 is 5.91 Å². The lowest BCUT2D eigenvalue weighted by Gasteiger charge is -2.14. The van der Waals surface area contributed by atoms with E-state index in [1.165, 1.54) is 6.42 Å². The smallest absolute Gasteiger partial charge is 0.221 e. The second-order valence-electron chi connectivity index (χ2n) is 3.96. The van der Waals surface area contributed by atoms with Crippen molar-refractivity contribution in [1.29, 1.82) is 0 Å². The van der Waals surface area contributed by atoms with Crippen LogP contribution in [0.15, 0.2) is 0 Å². The molecule has 1 rings (SSSR count). The van der Waals surface area contributed by atoms with Crippen LogP contribution in [-0.2, 0) is 4.79 Å². The molecule has 0 spiro atoms. The number of primary amides is 1. The monoisotopic (exact) mass is 185 g/mol. The molecule has 1 fully saturated rings. The zero-order valence-corrected chi connectivity index (χ0v) is 8.42. The highest BCUT2D eigenvalue weighted by Crippen LogP contribution is 2.06. The summed E-state index contributed by atoms with van der Waals surface area (Å²) in [6.07, 6.45) is 1.17. The van der Waals surface area contributed by atoms with Gasteiger partial charge in [-0.3, -0.25) is 4.79 Å². The summed E-state index contributed by atoms with van der Waals surface area (Å²) in [5.74, 6) is -0.287. The van der Waals surface area contributed by atoms with Gasteiger partial charge in [-0.25, -0.2) is 0 Å². The van der Waals surface area contributed by atoms with Gasteiger partial charge in [0.15, 0.2) is 0 Å². The molecule has 0 aromatic carbocycles. The fourth-order valence-corrected chi connectivity index (χ4v) is 1.55. The van der Waals surface area contributed by atoms with Crippen LogP contribution in [0.1, 0.15) is 13.3 Å². The van der Waals surface area contributed by atoms with Crippen LogP contribution < -0.4 is 11.1 Å². The fraction of sp³-hybridized carbons (Fsp3) is 0.889. The number of likely N-dealkylation sites (tertiary alicyclic amines) is 1. The molecule has 0 aromatic heterocycles. The van der Waals surface area contributed by atoms with Crippen LogP contribution in [0.3, 0.4) is 0 Å². The van der Waals surface area contributed by atoms with Crippen LogP contribution in [-0.4, -0.2) is 43.5 Å². The number of carbonyl (C=O) groups excluding carboxylic acids is 1. The van der Waals surface area contributed by atoms with E-state index in [2.05, 4.69) is 17.3 Å². The number of hydrogen-bond donors (Lipinski definition) is 2. The predicted octanol–water partition coefficient (Wildman–Crippen LogP) is -0.598. The fourth-order valence-electron chi connectivity index (χ4n) is 1.55. The van der Waals surface area contributed by atoms with E-state index in [4.69, 9.17) is 5.73 Å². The maximum atomic E-state index is 10.7. The zero-order valence-electron chi connectivity index (χ0n) is 8.42. The Morgan fingerprint density at radius 2 is 2.46 bits per heavy atom. The van der Waals surface area contributed by atoms with Crippen LogP contribution in [0.5, 0.6) is 0 Å². The molecule has 76 valence electrons. The summed E-state index contributed by atoms with van der Waals surface area (Å²) < 4.78 is 0. The standard InChI is InChI=1S/C9H19N3O/c1-7(9(10)13)5-11-8-3-4-12(2)6-8/h7-8,11H,3-6H2,1-2H3,(H2,10,13). The van der Waals surface area contributed by atoms with Crippen molar-refractivity contribution in [3.63, 3.8) is 0 Å². The van der Waals surface area contributed by atoms with Crippen molar-refractivity contribution in [2.45, 2.75) is 19.4 Å². The molecular formula is C9H19N3O. The Bertz CT molecular complexity index is 184. The van der Waals surface area contributed by atoms with Gasteiger partial charge in [-0.05, 0) is 20.0 Å². The molecule has 2 atom stereocenters. The second kappa shape index (κ2) is 4.58. The number of likely N-dealkylation sites (N-methyl/N-ethyl adjacent to an activating group) is 1. The van der Waals surface area contributed by atoms with Gasteiger partial charge in [-0.2, -0.15) is 0 Å². The third-order valence-electron chi connectivity index (χ3n) is 2.59. The minimum absolute atomic E-state index is 0.0640. The maximum Gasteiger partial charge on any atom is 0.221 e. The summed E-state index contributed by atoms with van der Waals surface area (Å²) in [6, 6.07) is 0.534. The number of carbonyl (C=O) groups is 1. The van der Waals surface area contributed by atoms with E-state index in [0.717, 1.165) is 13.1 Å². The van der Waals surface area contributed by atoms with Crippen molar-refractivity contribution in [1.82, 2.24) is 10.2 Å². The molecule has 0 radical (unpaired) electrons. The molecule has 3 N–H and O–H groups in total. The zero-order chi connectivity index (χ0) is 9.84. The van der Waals surface area contributed by atoms with E-state index in [1.54, 1.807) is 0 Å². The third kappa shape index (κ3) is 3.32. The van der Waals surface area contributed by atoms with Crippen molar-refractivity contribution in [2.75, 3.05) is 26.7 Å². The van der Waals surface area contributed by atoms with Gasteiger partial charge in [0.1, 0.15) is 0 Å². The molecule has 0 bridgehead atoms. The van der Waals surface area contributed by atoms with Gasteiger partial charge in [-0.1, -0.05) is 6.92 Å². The van der Waals surface area contributed by atoms with E-state index >= 15 is 0 Å². The van der Waals surface area contributed by atoms with Gasteiger partial charge in [0.25, 0.3) is 0 Å². The second-order valence-corrected chi connectivity index (χ2v) is 3.96. The van der Waals surface area contributed by atoms with Crippen molar-refractivity contribution in [2.24, 2.45) is 11.7 Å². The van der Waals surface area contributed by atoms with Crippen LogP contribution in [0, 0.1) is 5.92 Å². The third-order valence-corrected chi connectivity index (χ3v) is 2.59. The van der Waals surface area contributed by atoms with Gasteiger partial charge in [0, 0.05) is 25.0 Å². The Morgan fingerprint density at radius 3 is 2.92 bits per heavy atom. The molecule has 13 heavy (non-hydrogen) atoms. The first-order valence-corrected chi connectivity index (χ1v) is 4.81. The number of nitrogens with zero attached hydrogens (tertiary/aromatic N) is 1. The molecule has 4 heteroatoms. The minimum Gasteiger partial charge on any atom is -0.369 e. The summed E-state index contributed by atoms with van der Waals surface area (Å²) in [5, 5.41) is 3.35. The topological polar surface area (TPSA) is 58.4 Å². The van der Waals surface area contributed by atoms with Gasteiger partial charge in [0.2, 0.25) is 5.91 Å². The largest absolute Gasteiger partial charge is 0.369 e. The highest BCUT2D eigenvalue weighted by molar-refractivity contribution is 5.76. The molecule has 4 nitrogen and oxygen atoms in total. The molecule has 1 aliphatic rings. The van der Waals surface area contributed by atoms with Gasteiger partial charge < -0.3 is 16.0 Å². The Labute approximate surface area is 79.5 Å². The SMILES string of the molecule is CC(CNC1CCN(C)C1)C(N)=O. The lowest BCUT2D eigenvalue weighted by molar-refractivity contribution is -0.121. The Kier molecular flexibility index (Phi) is 3.69. The number of amides is 1. The Morgan fingerprint density at radius 1 is 1.77 bits per heavy atom. The lowest BCUT2D eigenvalue weighted by atomic mass is 10.1. The van der Waals surface area contributed by atoms with E-state index in [-0.39, 0.29) is 11.8 Å². The first-order chi connectivity index (χ1) is 6.09. The first-order valence-electron chi connectivity index (χ1n) is 4.81. The van der Waals surface area contributed by atoms with Gasteiger partial charge in [0.05, 0.1) is 0 Å². The first kappa shape index (κ1) is 10.5. The highest BCUT2D eigenvalue weighted by atomic mass is 16.1. The molecule has 1 saturated heterocycles. The van der Waals surface area contributed by atoms with E-state index in [9.17, 15) is 4.79 Å². The van der Waals surface area contributed by atoms with Crippen LogP contribution >= 0.6 is 0 Å². The van der Waals surface area contributed by atoms with E-state index < -0.39 is 0 Å². The Hall–Kier alpha value is -0.610. The van der Waals surface area contributed by atoms with Crippen molar-refractivity contribution in [3.8, 4) is 0 Å². The summed E-state index contributed by atoms with van der Waals surface area (Å²) in [6.45, 7) is 4.77. The summed E-state index contributed by atoms with van der Waals surface area (Å²) in [4.78, 5) is 13.0. The average molecular weight is 185 g/mol. The molecule has 0 saturated carbocycles. The van der Waals surface area contributed by atoms with Crippen LogP contribution in [0.25, 0.3) is 0 Å². The summed E-state index contributed by atoms with van der Waals surface area (Å²) in [7, 11) is 2.11. The minimum atomic E-state index is -0.223. The lowest BCUT2D eigenvalue weighted by Crippen LogP contribution is -2.38. The van der Waals surface area contributed by atoms with Crippen LogP contribution in [0.4, 0.5) is 0 Å². The molecule has 1 heterocycles. The number of nitrogens with one attached hydrogen (secondary N) is 1. The number of hydrogen-bond acceptors (Lipinski definition) is 3. The highest BCUT2D eigenvalue weighted by Gasteiger charge is 2.19. The van der Waals surface area contributed by atoms with Crippen molar-refractivity contribution < 1.29 is 4.79 Å². The summed E-state index contributed by atoms with van der Waals surface area (Å²) in [5.41, 5.74) is 5.16. The quantitative estimate of drug-likeness (QED) is 0.615. The molecular weight excluding hydrogens is 166 g/mol. The molecule has 0 aliphatic carbocycles. The molecule has 1 aliphatic heterocycles. The Balaban J connectivity index is 2.16. The number of rotatable bonds is 4. The summed E-state index contributed by atoms with van der Waals surface area (Å²) >= 11 is 0. The van der Waals surface area contributed by atoms with Crippen molar-refractivity contribution in [3.05, 3.63) is 0 Å². The van der Waals surface area contributed by atoms with E-state index in [1.807, 2.05) is 6.92 Å². The number of nitrogens with two attached hydrogens (primary N) is 1.